The molecule has 0 unspecified atom stereocenters. The molecule has 0 radical (unpaired) electrons. The lowest BCUT2D eigenvalue weighted by atomic mass is 10.2. The summed E-state index contributed by atoms with van der Waals surface area (Å²) in [6.45, 7) is 11.1. The van der Waals surface area contributed by atoms with Crippen LogP contribution in [0.15, 0.2) is 18.3 Å². The summed E-state index contributed by atoms with van der Waals surface area (Å²) in [7, 11) is 1.71. The Morgan fingerprint density at radius 3 is 3.00 bits per heavy atom. The van der Waals surface area contributed by atoms with E-state index in [0.717, 1.165) is 37.5 Å². The van der Waals surface area contributed by atoms with Gasteiger partial charge in [0.1, 0.15) is 0 Å². The highest BCUT2D eigenvalue weighted by atomic mass is 16.5. The van der Waals surface area contributed by atoms with E-state index in [9.17, 15) is 0 Å². The molecule has 0 spiro atoms. The zero-order valence-corrected chi connectivity index (χ0v) is 10.4. The van der Waals surface area contributed by atoms with E-state index >= 15 is 0 Å². The first-order chi connectivity index (χ1) is 7.63. The summed E-state index contributed by atoms with van der Waals surface area (Å²) in [5.74, 6) is 0. The van der Waals surface area contributed by atoms with E-state index in [4.69, 9.17) is 4.74 Å². The Morgan fingerprint density at radius 2 is 2.38 bits per heavy atom. The smallest absolute Gasteiger partial charge is 0.0638 e. The van der Waals surface area contributed by atoms with Crippen LogP contribution in [0.5, 0.6) is 0 Å². The first-order valence-corrected chi connectivity index (χ1v) is 5.50. The third-order valence-electron chi connectivity index (χ3n) is 2.28. The van der Waals surface area contributed by atoms with Crippen molar-refractivity contribution in [3.63, 3.8) is 0 Å². The fraction of sp³-hybridized carbons (Fsp3) is 0.583. The van der Waals surface area contributed by atoms with E-state index in [2.05, 4.69) is 23.2 Å². The summed E-state index contributed by atoms with van der Waals surface area (Å²) in [5.41, 5.74) is 3.42. The Balaban J connectivity index is 2.46. The molecule has 0 saturated carbocycles. The van der Waals surface area contributed by atoms with Crippen molar-refractivity contribution in [1.82, 2.24) is 15.1 Å². The molecule has 0 atom stereocenters. The molecular formula is C12H21N3O. The van der Waals surface area contributed by atoms with Gasteiger partial charge in [-0.2, -0.15) is 5.10 Å². The van der Waals surface area contributed by atoms with E-state index in [1.807, 2.05) is 18.5 Å². The number of hydrogen-bond donors (Lipinski definition) is 1. The topological polar surface area (TPSA) is 39.1 Å². The van der Waals surface area contributed by atoms with Gasteiger partial charge in [0.25, 0.3) is 0 Å². The maximum absolute atomic E-state index is 4.97. The molecule has 1 heterocycles. The molecule has 0 aliphatic rings. The van der Waals surface area contributed by atoms with Crippen molar-refractivity contribution in [3.05, 3.63) is 29.6 Å². The minimum Gasteiger partial charge on any atom is -0.383 e. The highest BCUT2D eigenvalue weighted by Crippen LogP contribution is 2.06. The summed E-state index contributed by atoms with van der Waals surface area (Å²) in [4.78, 5) is 0. The minimum atomic E-state index is 0.735. The molecule has 0 amide bonds. The van der Waals surface area contributed by atoms with Crippen LogP contribution >= 0.6 is 0 Å². The lowest BCUT2D eigenvalue weighted by molar-refractivity contribution is 0.199. The number of allylic oxidation sites excluding steroid dienone is 1. The average molecular weight is 223 g/mol. The van der Waals surface area contributed by atoms with Crippen LogP contribution in [-0.2, 0) is 17.8 Å². The number of hydrogen-bond acceptors (Lipinski definition) is 3. The molecule has 1 aromatic heterocycles. The summed E-state index contributed by atoms with van der Waals surface area (Å²) in [6, 6.07) is 0. The summed E-state index contributed by atoms with van der Waals surface area (Å²) in [5, 5.41) is 7.74. The first kappa shape index (κ1) is 12.9. The summed E-state index contributed by atoms with van der Waals surface area (Å²) in [6.07, 6.45) is 2.07. The minimum absolute atomic E-state index is 0.735. The zero-order chi connectivity index (χ0) is 12.0. The van der Waals surface area contributed by atoms with Gasteiger partial charge in [0, 0.05) is 32.0 Å². The van der Waals surface area contributed by atoms with Crippen LogP contribution in [0.3, 0.4) is 0 Å². The second-order valence-electron chi connectivity index (χ2n) is 4.06. The number of nitrogens with one attached hydrogen (secondary N) is 1. The zero-order valence-electron chi connectivity index (χ0n) is 10.4. The van der Waals surface area contributed by atoms with Crippen LogP contribution in [-0.4, -0.2) is 30.0 Å². The predicted molar refractivity (Wildman–Crippen MR) is 65.4 cm³/mol. The van der Waals surface area contributed by atoms with Gasteiger partial charge in [-0.1, -0.05) is 12.2 Å². The van der Waals surface area contributed by atoms with Crippen LogP contribution in [0.2, 0.25) is 0 Å². The highest BCUT2D eigenvalue weighted by Gasteiger charge is 2.04. The van der Waals surface area contributed by atoms with Gasteiger partial charge in [-0.15, -0.1) is 0 Å². The molecule has 0 aromatic carbocycles. The fourth-order valence-electron chi connectivity index (χ4n) is 1.49. The Kier molecular flexibility index (Phi) is 5.22. The van der Waals surface area contributed by atoms with Gasteiger partial charge in [-0.05, 0) is 13.8 Å². The summed E-state index contributed by atoms with van der Waals surface area (Å²) >= 11 is 0. The molecule has 0 saturated heterocycles. The molecule has 1 rings (SSSR count). The third-order valence-corrected chi connectivity index (χ3v) is 2.28. The van der Waals surface area contributed by atoms with Gasteiger partial charge in [-0.3, -0.25) is 4.68 Å². The van der Waals surface area contributed by atoms with Gasteiger partial charge < -0.3 is 10.1 Å². The van der Waals surface area contributed by atoms with E-state index in [0.29, 0.717) is 0 Å². The highest BCUT2D eigenvalue weighted by molar-refractivity contribution is 5.15. The first-order valence-electron chi connectivity index (χ1n) is 5.50. The van der Waals surface area contributed by atoms with E-state index in [1.54, 1.807) is 7.11 Å². The Morgan fingerprint density at radius 1 is 1.62 bits per heavy atom. The monoisotopic (exact) mass is 223 g/mol. The molecule has 16 heavy (non-hydrogen) atoms. The average Bonchev–Trinajstić information content (AvgIpc) is 2.53. The van der Waals surface area contributed by atoms with Crippen molar-refractivity contribution < 1.29 is 4.74 Å². The second-order valence-corrected chi connectivity index (χ2v) is 4.06. The maximum Gasteiger partial charge on any atom is 0.0638 e. The molecule has 0 aliphatic heterocycles. The molecule has 0 aliphatic carbocycles. The van der Waals surface area contributed by atoms with Crippen LogP contribution in [0, 0.1) is 6.92 Å². The van der Waals surface area contributed by atoms with Crippen LogP contribution in [0.1, 0.15) is 18.2 Å². The Bertz CT molecular complexity index is 344. The van der Waals surface area contributed by atoms with Crippen molar-refractivity contribution in [2.24, 2.45) is 0 Å². The number of nitrogens with zero attached hydrogens (tertiary/aromatic N) is 2. The number of methoxy groups -OCH3 is 1. The van der Waals surface area contributed by atoms with Crippen molar-refractivity contribution in [2.75, 3.05) is 20.3 Å². The van der Waals surface area contributed by atoms with Gasteiger partial charge >= 0.3 is 0 Å². The van der Waals surface area contributed by atoms with E-state index < -0.39 is 0 Å². The molecule has 1 N–H and O–H groups in total. The van der Waals surface area contributed by atoms with Gasteiger partial charge in [0.2, 0.25) is 0 Å². The van der Waals surface area contributed by atoms with Gasteiger partial charge in [0.05, 0.1) is 18.8 Å². The lowest BCUT2D eigenvalue weighted by Gasteiger charge is -2.02. The van der Waals surface area contributed by atoms with Gasteiger partial charge in [0.15, 0.2) is 0 Å². The number of aromatic nitrogens is 2. The molecule has 0 bridgehead atoms. The van der Waals surface area contributed by atoms with Crippen molar-refractivity contribution in [2.45, 2.75) is 26.9 Å². The Hall–Kier alpha value is -1.13. The molecule has 4 nitrogen and oxygen atoms in total. The number of ether oxygens (including phenoxy) is 1. The molecule has 90 valence electrons. The van der Waals surface area contributed by atoms with Crippen molar-refractivity contribution in [1.29, 1.82) is 0 Å². The molecular weight excluding hydrogens is 202 g/mol. The lowest BCUT2D eigenvalue weighted by Crippen LogP contribution is -2.18. The molecule has 0 fully saturated rings. The fourth-order valence-corrected chi connectivity index (χ4v) is 1.49. The third kappa shape index (κ3) is 4.16. The van der Waals surface area contributed by atoms with Crippen LogP contribution in [0.4, 0.5) is 0 Å². The largest absolute Gasteiger partial charge is 0.383 e. The summed E-state index contributed by atoms with van der Waals surface area (Å²) < 4.78 is 6.91. The van der Waals surface area contributed by atoms with Crippen LogP contribution in [0.25, 0.3) is 0 Å². The standard InChI is InChI=1S/C12H21N3O/c1-10(2)8-15-9-12(11(3)14-15)7-13-5-6-16-4/h9,13H,1,5-8H2,2-4H3. The van der Waals surface area contributed by atoms with Crippen molar-refractivity contribution in [3.8, 4) is 0 Å². The van der Waals surface area contributed by atoms with Crippen molar-refractivity contribution >= 4 is 0 Å². The predicted octanol–water partition coefficient (Wildman–Crippen LogP) is 1.50. The van der Waals surface area contributed by atoms with Crippen LogP contribution < -0.4 is 5.32 Å². The molecule has 1 aromatic rings. The SMILES string of the molecule is C=C(C)Cn1cc(CNCCOC)c(C)n1. The van der Waals surface area contributed by atoms with E-state index in [1.165, 1.54) is 5.56 Å². The second kappa shape index (κ2) is 6.45. The quantitative estimate of drug-likeness (QED) is 0.562. The van der Waals surface area contributed by atoms with Gasteiger partial charge in [-0.25, -0.2) is 0 Å². The maximum atomic E-state index is 4.97. The number of rotatable bonds is 7. The Labute approximate surface area is 97.3 Å². The normalized spacial score (nSPS) is 10.7. The van der Waals surface area contributed by atoms with E-state index in [-0.39, 0.29) is 0 Å². The molecule has 4 heteroatoms. The number of aryl methyl sites for hydroxylation is 1.